The van der Waals surface area contributed by atoms with Crippen molar-refractivity contribution in [3.63, 3.8) is 0 Å². The first-order valence-electron chi connectivity index (χ1n) is 5.29. The maximum atomic E-state index is 10.7. The van der Waals surface area contributed by atoms with Gasteiger partial charge in [0.1, 0.15) is 0 Å². The van der Waals surface area contributed by atoms with Gasteiger partial charge in [-0.15, -0.1) is 0 Å². The molecule has 1 amide bonds. The molecule has 0 spiro atoms. The molecular weight excluding hydrogens is 236 g/mol. The van der Waals surface area contributed by atoms with E-state index in [4.69, 9.17) is 12.2 Å². The van der Waals surface area contributed by atoms with Crippen LogP contribution in [0.4, 0.5) is 11.4 Å². The minimum Gasteiger partial charge on any atom is -0.363 e. The molecule has 4 N–H and O–H groups in total. The molecule has 6 heteroatoms. The largest absolute Gasteiger partial charge is 0.363 e. The van der Waals surface area contributed by atoms with Gasteiger partial charge in [0.05, 0.1) is 5.69 Å². The van der Waals surface area contributed by atoms with Crippen LogP contribution in [-0.2, 0) is 4.79 Å². The van der Waals surface area contributed by atoms with Gasteiger partial charge >= 0.3 is 0 Å². The lowest BCUT2D eigenvalue weighted by Gasteiger charge is -2.10. The molecule has 0 aliphatic carbocycles. The molecule has 1 aromatic carbocycles. The Labute approximate surface area is 106 Å². The summed E-state index contributed by atoms with van der Waals surface area (Å²) < 4.78 is 0. The average Bonchev–Trinajstić information content (AvgIpc) is 2.28. The molecule has 0 heterocycles. The minimum atomic E-state index is -0.138. The number of benzene rings is 1. The van der Waals surface area contributed by atoms with Crippen molar-refractivity contribution >= 4 is 34.6 Å². The van der Waals surface area contributed by atoms with E-state index in [-0.39, 0.29) is 5.91 Å². The van der Waals surface area contributed by atoms with Crippen molar-refractivity contribution in [2.75, 3.05) is 17.3 Å². The molecule has 0 unspecified atom stereocenters. The molecule has 1 aromatic rings. The lowest BCUT2D eigenvalue weighted by atomic mass is 10.3. The fourth-order valence-electron chi connectivity index (χ4n) is 1.13. The normalized spacial score (nSPS) is 9.29. The first-order valence-corrected chi connectivity index (χ1v) is 5.70. The van der Waals surface area contributed by atoms with E-state index in [1.54, 1.807) is 0 Å². The van der Waals surface area contributed by atoms with E-state index >= 15 is 0 Å². The van der Waals surface area contributed by atoms with Crippen molar-refractivity contribution in [1.82, 2.24) is 10.7 Å². The third-order valence-corrected chi connectivity index (χ3v) is 2.11. The minimum absolute atomic E-state index is 0.138. The Kier molecular flexibility index (Phi) is 5.22. The highest BCUT2D eigenvalue weighted by Crippen LogP contribution is 2.12. The molecule has 0 radical (unpaired) electrons. The van der Waals surface area contributed by atoms with Gasteiger partial charge in [-0.2, -0.15) is 0 Å². The summed E-state index contributed by atoms with van der Waals surface area (Å²) in [7, 11) is 0. The number of carbonyl (C=O) groups is 1. The number of rotatable bonds is 4. The van der Waals surface area contributed by atoms with Crippen LogP contribution in [0, 0.1) is 0 Å². The summed E-state index contributed by atoms with van der Waals surface area (Å²) in [6, 6.07) is 7.42. The van der Waals surface area contributed by atoms with E-state index in [0.717, 1.165) is 17.9 Å². The molecule has 0 aliphatic rings. The zero-order valence-corrected chi connectivity index (χ0v) is 10.6. The molecule has 0 saturated heterocycles. The highest BCUT2D eigenvalue weighted by atomic mass is 32.1. The molecule has 0 saturated carbocycles. The number of hydrogen-bond donors (Lipinski definition) is 4. The average molecular weight is 252 g/mol. The van der Waals surface area contributed by atoms with Gasteiger partial charge in [0.15, 0.2) is 5.11 Å². The van der Waals surface area contributed by atoms with E-state index < -0.39 is 0 Å². The van der Waals surface area contributed by atoms with Gasteiger partial charge < -0.3 is 10.6 Å². The van der Waals surface area contributed by atoms with Crippen LogP contribution in [0.5, 0.6) is 0 Å². The third kappa shape index (κ3) is 5.17. The maximum absolute atomic E-state index is 10.7. The summed E-state index contributed by atoms with van der Waals surface area (Å²) in [6.45, 7) is 4.21. The molecule has 0 bridgehead atoms. The second kappa shape index (κ2) is 6.70. The third-order valence-electron chi connectivity index (χ3n) is 1.86. The van der Waals surface area contributed by atoms with E-state index in [1.807, 2.05) is 31.2 Å². The van der Waals surface area contributed by atoms with Crippen molar-refractivity contribution in [3.8, 4) is 0 Å². The van der Waals surface area contributed by atoms with Crippen molar-refractivity contribution in [2.45, 2.75) is 13.8 Å². The predicted molar refractivity (Wildman–Crippen MR) is 73.8 cm³/mol. The number of amides is 1. The van der Waals surface area contributed by atoms with Gasteiger partial charge in [0.2, 0.25) is 5.91 Å². The van der Waals surface area contributed by atoms with E-state index in [0.29, 0.717) is 5.11 Å². The Bertz CT molecular complexity index is 391. The summed E-state index contributed by atoms with van der Waals surface area (Å²) in [5.74, 6) is -0.138. The molecule has 1 rings (SSSR count). The molecule has 0 atom stereocenters. The van der Waals surface area contributed by atoms with E-state index in [1.165, 1.54) is 6.92 Å². The highest BCUT2D eigenvalue weighted by Gasteiger charge is 1.97. The predicted octanol–water partition coefficient (Wildman–Crippen LogP) is 1.46. The van der Waals surface area contributed by atoms with E-state index in [2.05, 4.69) is 21.5 Å². The van der Waals surface area contributed by atoms with Crippen LogP contribution < -0.4 is 21.5 Å². The molecular formula is C11H16N4OS. The maximum Gasteiger partial charge on any atom is 0.235 e. The van der Waals surface area contributed by atoms with Crippen LogP contribution >= 0.6 is 12.2 Å². The zero-order valence-electron chi connectivity index (χ0n) is 9.83. The topological polar surface area (TPSA) is 65.2 Å². The van der Waals surface area contributed by atoms with Crippen molar-refractivity contribution in [3.05, 3.63) is 24.3 Å². The molecule has 92 valence electrons. The van der Waals surface area contributed by atoms with Crippen LogP contribution in [0.3, 0.4) is 0 Å². The second-order valence-electron chi connectivity index (χ2n) is 3.37. The molecule has 17 heavy (non-hydrogen) atoms. The van der Waals surface area contributed by atoms with Gasteiger partial charge in [0, 0.05) is 19.2 Å². The summed E-state index contributed by atoms with van der Waals surface area (Å²) >= 11 is 5.06. The SMILES string of the molecule is CCNC(=S)Nc1ccc(NNC(C)=O)cc1. The lowest BCUT2D eigenvalue weighted by Crippen LogP contribution is -2.28. The molecule has 5 nitrogen and oxygen atoms in total. The van der Waals surface area contributed by atoms with Gasteiger partial charge in [-0.1, -0.05) is 0 Å². The smallest absolute Gasteiger partial charge is 0.235 e. The monoisotopic (exact) mass is 252 g/mol. The number of hydrogen-bond acceptors (Lipinski definition) is 3. The molecule has 0 fully saturated rings. The zero-order chi connectivity index (χ0) is 12.7. The quantitative estimate of drug-likeness (QED) is 0.482. The van der Waals surface area contributed by atoms with E-state index in [9.17, 15) is 4.79 Å². The Morgan fingerprint density at radius 2 is 1.82 bits per heavy atom. The fourth-order valence-corrected chi connectivity index (χ4v) is 1.40. The van der Waals surface area contributed by atoms with Crippen LogP contribution in [0.25, 0.3) is 0 Å². The second-order valence-corrected chi connectivity index (χ2v) is 3.78. The summed E-state index contributed by atoms with van der Waals surface area (Å²) in [4.78, 5) is 10.7. The first-order chi connectivity index (χ1) is 8.11. The standard InChI is InChI=1S/C11H16N4OS/c1-3-12-11(17)13-9-4-6-10(7-5-9)15-14-8(2)16/h4-7,15H,3H2,1-2H3,(H,14,16)(H2,12,13,17). The Morgan fingerprint density at radius 3 is 2.35 bits per heavy atom. The summed E-state index contributed by atoms with van der Waals surface area (Å²) in [6.07, 6.45) is 0. The van der Waals surface area contributed by atoms with Crippen molar-refractivity contribution < 1.29 is 4.79 Å². The lowest BCUT2D eigenvalue weighted by molar-refractivity contribution is -0.118. The van der Waals surface area contributed by atoms with Gasteiger partial charge in [0.25, 0.3) is 0 Å². The van der Waals surface area contributed by atoms with Crippen LogP contribution in [0.2, 0.25) is 0 Å². The van der Waals surface area contributed by atoms with Crippen LogP contribution in [0.15, 0.2) is 24.3 Å². The van der Waals surface area contributed by atoms with Crippen molar-refractivity contribution in [2.24, 2.45) is 0 Å². The number of hydrazine groups is 1. The number of carbonyl (C=O) groups excluding carboxylic acids is 1. The Balaban J connectivity index is 2.49. The number of nitrogens with one attached hydrogen (secondary N) is 4. The Morgan fingerprint density at radius 1 is 1.24 bits per heavy atom. The fraction of sp³-hybridized carbons (Fsp3) is 0.273. The summed E-state index contributed by atoms with van der Waals surface area (Å²) in [5, 5.41) is 6.63. The van der Waals surface area contributed by atoms with Crippen LogP contribution in [-0.4, -0.2) is 17.6 Å². The highest BCUT2D eigenvalue weighted by molar-refractivity contribution is 7.80. The summed E-state index contributed by atoms with van der Waals surface area (Å²) in [5.41, 5.74) is 6.97. The molecule has 0 aliphatic heterocycles. The van der Waals surface area contributed by atoms with Gasteiger partial charge in [-0.25, -0.2) is 0 Å². The number of anilines is 2. The number of thiocarbonyl (C=S) groups is 1. The molecule has 0 aromatic heterocycles. The Hall–Kier alpha value is -1.82. The first kappa shape index (κ1) is 13.2. The van der Waals surface area contributed by atoms with Gasteiger partial charge in [-0.05, 0) is 43.4 Å². The van der Waals surface area contributed by atoms with Crippen LogP contribution in [0.1, 0.15) is 13.8 Å². The van der Waals surface area contributed by atoms with Gasteiger partial charge in [-0.3, -0.25) is 15.6 Å². The van der Waals surface area contributed by atoms with Crippen molar-refractivity contribution in [1.29, 1.82) is 0 Å².